The van der Waals surface area contributed by atoms with Crippen molar-refractivity contribution in [3.63, 3.8) is 0 Å². The molecule has 1 N–H and O–H groups in total. The number of nitrogens with one attached hydrogen (secondary N) is 1. The molecule has 0 radical (unpaired) electrons. The van der Waals surface area contributed by atoms with E-state index in [2.05, 4.69) is 10.2 Å². The molecule has 0 saturated carbocycles. The minimum absolute atomic E-state index is 0.0465. The van der Waals surface area contributed by atoms with Gasteiger partial charge in [0.05, 0.1) is 21.5 Å². The molecular weight excluding hydrogens is 511 g/mol. The zero-order chi connectivity index (χ0) is 26.9. The minimum Gasteiger partial charge on any atom is -0.336 e. The molecule has 0 unspecified atom stereocenters. The van der Waals surface area contributed by atoms with Crippen molar-refractivity contribution in [1.82, 2.24) is 20.2 Å². The molecule has 196 valence electrons. The Balaban J connectivity index is 1.27. The number of aromatic amines is 1. The summed E-state index contributed by atoms with van der Waals surface area (Å²) in [5.74, 6) is -1.15. The van der Waals surface area contributed by atoms with Crippen LogP contribution in [0, 0.1) is 12.7 Å². The molecule has 0 spiro atoms. The first-order valence-electron chi connectivity index (χ1n) is 12.0. The van der Waals surface area contributed by atoms with Crippen LogP contribution in [0.25, 0.3) is 10.8 Å². The number of aromatic nitrogens is 2. The second-order valence-electron chi connectivity index (χ2n) is 9.10. The lowest BCUT2D eigenvalue weighted by atomic mass is 10.0. The third-order valence-electron chi connectivity index (χ3n) is 6.45. The van der Waals surface area contributed by atoms with Crippen molar-refractivity contribution >= 4 is 26.8 Å². The molecule has 0 bridgehead atoms. The van der Waals surface area contributed by atoms with Crippen molar-refractivity contribution in [3.8, 4) is 0 Å². The van der Waals surface area contributed by atoms with E-state index in [0.29, 0.717) is 22.0 Å². The molecule has 0 aliphatic carbocycles. The number of fused-ring (bicyclic) bond motifs is 1. The van der Waals surface area contributed by atoms with Gasteiger partial charge >= 0.3 is 10.1 Å². The second-order valence-corrected chi connectivity index (χ2v) is 10.6. The van der Waals surface area contributed by atoms with Gasteiger partial charge in [0.2, 0.25) is 0 Å². The van der Waals surface area contributed by atoms with Crippen molar-refractivity contribution in [2.75, 3.05) is 26.2 Å². The Morgan fingerprint density at radius 3 is 2.39 bits per heavy atom. The first-order valence-corrected chi connectivity index (χ1v) is 13.4. The zero-order valence-corrected chi connectivity index (χ0v) is 21.4. The summed E-state index contributed by atoms with van der Waals surface area (Å²) in [5.41, 5.74) is 1.80. The maximum absolute atomic E-state index is 14.7. The number of piperazine rings is 1. The van der Waals surface area contributed by atoms with Crippen LogP contribution in [0.15, 0.2) is 76.4 Å². The summed E-state index contributed by atoms with van der Waals surface area (Å²) in [6, 6.07) is 17.7. The van der Waals surface area contributed by atoms with Gasteiger partial charge in [0, 0.05) is 38.0 Å². The van der Waals surface area contributed by atoms with Crippen molar-refractivity contribution in [2.45, 2.75) is 18.2 Å². The molecule has 5 rings (SSSR count). The average Bonchev–Trinajstić information content (AvgIpc) is 2.91. The monoisotopic (exact) mass is 536 g/mol. The number of hydroxylamine groups is 2. The molecular formula is C27H25FN4O5S. The van der Waals surface area contributed by atoms with E-state index in [-0.39, 0.29) is 48.6 Å². The Morgan fingerprint density at radius 2 is 1.68 bits per heavy atom. The molecule has 2 heterocycles. The number of H-pyrrole nitrogens is 1. The standard InChI is InChI=1S/C27H25FN4O5S/c1-18-6-9-20(10-7-18)38(35,36)37-32-14-12-31(13-15-32)27(34)23-16-19(8-11-24(23)28)17-25-21-4-2-3-5-22(21)26(33)30-29-25/h2-11,16H,12-15,17H2,1H3,(H,30,33). The number of aryl methyl sites for hydroxylation is 1. The molecule has 1 fully saturated rings. The van der Waals surface area contributed by atoms with Gasteiger partial charge < -0.3 is 4.90 Å². The molecule has 38 heavy (non-hydrogen) atoms. The first-order chi connectivity index (χ1) is 18.2. The molecule has 1 saturated heterocycles. The summed E-state index contributed by atoms with van der Waals surface area (Å²) < 4.78 is 45.1. The Hall–Kier alpha value is -3.93. The van der Waals surface area contributed by atoms with Crippen LogP contribution in [-0.4, -0.2) is 60.7 Å². The molecule has 4 aromatic rings. The zero-order valence-electron chi connectivity index (χ0n) is 20.6. The fraction of sp³-hybridized carbons (Fsp3) is 0.222. The molecule has 0 atom stereocenters. The highest BCUT2D eigenvalue weighted by Crippen LogP contribution is 2.21. The summed E-state index contributed by atoms with van der Waals surface area (Å²) in [4.78, 5) is 26.8. The quantitative estimate of drug-likeness (QED) is 0.403. The van der Waals surface area contributed by atoms with Crippen molar-refractivity contribution < 1.29 is 21.9 Å². The molecule has 1 aromatic heterocycles. The number of halogens is 1. The van der Waals surface area contributed by atoms with E-state index in [4.69, 9.17) is 4.28 Å². The maximum Gasteiger partial charge on any atom is 0.313 e. The summed E-state index contributed by atoms with van der Waals surface area (Å²) in [6.07, 6.45) is 0.288. The van der Waals surface area contributed by atoms with Crippen LogP contribution in [0.5, 0.6) is 0 Å². The van der Waals surface area contributed by atoms with Gasteiger partial charge in [-0.2, -0.15) is 22.9 Å². The smallest absolute Gasteiger partial charge is 0.313 e. The molecule has 1 aliphatic rings. The van der Waals surface area contributed by atoms with E-state index in [1.54, 1.807) is 36.4 Å². The van der Waals surface area contributed by atoms with Gasteiger partial charge in [0.1, 0.15) is 5.82 Å². The first kappa shape index (κ1) is 25.7. The van der Waals surface area contributed by atoms with E-state index >= 15 is 0 Å². The highest BCUT2D eigenvalue weighted by Gasteiger charge is 2.28. The van der Waals surface area contributed by atoms with Crippen LogP contribution in [-0.2, 0) is 20.8 Å². The van der Waals surface area contributed by atoms with Crippen LogP contribution < -0.4 is 5.56 Å². The summed E-state index contributed by atoms with van der Waals surface area (Å²) in [5, 5.41) is 9.12. The van der Waals surface area contributed by atoms with Crippen molar-refractivity contribution in [3.05, 3.63) is 105 Å². The molecule has 1 aliphatic heterocycles. The van der Waals surface area contributed by atoms with E-state index in [1.165, 1.54) is 34.2 Å². The number of hydrogen-bond donors (Lipinski definition) is 1. The molecule has 3 aromatic carbocycles. The van der Waals surface area contributed by atoms with E-state index < -0.39 is 21.8 Å². The van der Waals surface area contributed by atoms with Gasteiger partial charge in [-0.1, -0.05) is 42.0 Å². The lowest BCUT2D eigenvalue weighted by Crippen LogP contribution is -2.49. The third-order valence-corrected chi connectivity index (χ3v) is 7.70. The van der Waals surface area contributed by atoms with Crippen LogP contribution >= 0.6 is 0 Å². The second kappa shape index (κ2) is 10.4. The highest BCUT2D eigenvalue weighted by atomic mass is 32.2. The fourth-order valence-corrected chi connectivity index (χ4v) is 5.35. The van der Waals surface area contributed by atoms with Crippen molar-refractivity contribution in [1.29, 1.82) is 0 Å². The van der Waals surface area contributed by atoms with Gasteiger partial charge in [-0.15, -0.1) is 0 Å². The largest absolute Gasteiger partial charge is 0.336 e. The van der Waals surface area contributed by atoms with Gasteiger partial charge in [0.15, 0.2) is 0 Å². The Labute approximate surface area is 218 Å². The fourth-order valence-electron chi connectivity index (χ4n) is 4.37. The summed E-state index contributed by atoms with van der Waals surface area (Å²) in [7, 11) is -3.99. The SMILES string of the molecule is Cc1ccc(S(=O)(=O)ON2CCN(C(=O)c3cc(Cc4n[nH]c(=O)c5ccccc45)ccc3F)CC2)cc1. The Morgan fingerprint density at radius 1 is 1.00 bits per heavy atom. The number of rotatable bonds is 6. The van der Waals surface area contributed by atoms with Gasteiger partial charge in [-0.3, -0.25) is 9.59 Å². The lowest BCUT2D eigenvalue weighted by Gasteiger charge is -2.33. The van der Waals surface area contributed by atoms with Gasteiger partial charge in [0.25, 0.3) is 11.5 Å². The topological polar surface area (TPSA) is 113 Å². The maximum atomic E-state index is 14.7. The van der Waals surface area contributed by atoms with Crippen LogP contribution in [0.3, 0.4) is 0 Å². The normalized spacial score (nSPS) is 14.6. The molecule has 1 amide bonds. The molecule has 9 nitrogen and oxygen atoms in total. The Kier molecular flexibility index (Phi) is 7.06. The average molecular weight is 537 g/mol. The number of amides is 1. The summed E-state index contributed by atoms with van der Waals surface area (Å²) >= 11 is 0. The van der Waals surface area contributed by atoms with Gasteiger partial charge in [-0.25, -0.2) is 9.49 Å². The number of benzene rings is 3. The lowest BCUT2D eigenvalue weighted by molar-refractivity contribution is -0.0773. The number of carbonyl (C=O) groups excluding carboxylic acids is 1. The Bertz CT molecular complexity index is 1660. The van der Waals surface area contributed by atoms with Crippen LogP contribution in [0.1, 0.15) is 27.2 Å². The minimum atomic E-state index is -3.99. The van der Waals surface area contributed by atoms with E-state index in [9.17, 15) is 22.4 Å². The van der Waals surface area contributed by atoms with E-state index in [0.717, 1.165) is 5.56 Å². The molecule has 11 heteroatoms. The van der Waals surface area contributed by atoms with Crippen LogP contribution in [0.2, 0.25) is 0 Å². The third kappa shape index (κ3) is 5.35. The predicted molar refractivity (Wildman–Crippen MR) is 138 cm³/mol. The number of nitrogens with zero attached hydrogens (tertiary/aromatic N) is 3. The van der Waals surface area contributed by atoms with Crippen LogP contribution in [0.4, 0.5) is 4.39 Å². The van der Waals surface area contributed by atoms with Crippen molar-refractivity contribution in [2.24, 2.45) is 0 Å². The van der Waals surface area contributed by atoms with Gasteiger partial charge in [-0.05, 0) is 42.8 Å². The highest BCUT2D eigenvalue weighted by molar-refractivity contribution is 7.86. The number of hydrogen-bond acceptors (Lipinski definition) is 7. The summed E-state index contributed by atoms with van der Waals surface area (Å²) in [6.45, 7) is 2.47. The van der Waals surface area contributed by atoms with E-state index in [1.807, 2.05) is 13.0 Å². The predicted octanol–water partition coefficient (Wildman–Crippen LogP) is 3.04. The number of carbonyl (C=O) groups is 1.